The number of nitrogens with one attached hydrogen (secondary N) is 3. The van der Waals surface area contributed by atoms with E-state index in [4.69, 9.17) is 0 Å². The molecule has 5 heteroatoms. The van der Waals surface area contributed by atoms with Crippen molar-refractivity contribution in [2.75, 3.05) is 26.7 Å². The summed E-state index contributed by atoms with van der Waals surface area (Å²) in [5.41, 5.74) is 0. The van der Waals surface area contributed by atoms with Crippen LogP contribution in [0.25, 0.3) is 0 Å². The quantitative estimate of drug-likeness (QED) is 0.521. The minimum atomic E-state index is -0.123. The molecule has 0 aliphatic rings. The van der Waals surface area contributed by atoms with E-state index in [9.17, 15) is 9.59 Å². The molecule has 0 aromatic rings. The van der Waals surface area contributed by atoms with Gasteiger partial charge >= 0.3 is 0 Å². The maximum absolute atomic E-state index is 11.1. The predicted octanol–water partition coefficient (Wildman–Crippen LogP) is -0.906. The van der Waals surface area contributed by atoms with Crippen LogP contribution in [0.4, 0.5) is 0 Å². The monoisotopic (exact) mass is 201 g/mol. The van der Waals surface area contributed by atoms with Gasteiger partial charge in [0.15, 0.2) is 0 Å². The van der Waals surface area contributed by atoms with E-state index in [-0.39, 0.29) is 24.9 Å². The highest BCUT2D eigenvalue weighted by Gasteiger charge is 2.02. The van der Waals surface area contributed by atoms with Crippen LogP contribution >= 0.6 is 0 Å². The molecular weight excluding hydrogens is 182 g/mol. The highest BCUT2D eigenvalue weighted by Crippen LogP contribution is 1.85. The lowest BCUT2D eigenvalue weighted by atomic mass is 10.2. The van der Waals surface area contributed by atoms with Crippen LogP contribution in [0.5, 0.6) is 0 Å². The zero-order valence-corrected chi connectivity index (χ0v) is 9.02. The number of hydrogen-bond donors (Lipinski definition) is 3. The van der Waals surface area contributed by atoms with Gasteiger partial charge in [-0.1, -0.05) is 13.8 Å². The summed E-state index contributed by atoms with van der Waals surface area (Å²) in [6.07, 6.45) is 0. The van der Waals surface area contributed by atoms with Crippen LogP contribution in [0.3, 0.4) is 0 Å². The number of carbonyl (C=O) groups is 2. The Morgan fingerprint density at radius 3 is 2.21 bits per heavy atom. The molecule has 82 valence electrons. The summed E-state index contributed by atoms with van der Waals surface area (Å²) in [7, 11) is 1.56. The zero-order chi connectivity index (χ0) is 11.0. The third kappa shape index (κ3) is 7.54. The predicted molar refractivity (Wildman–Crippen MR) is 54.8 cm³/mol. The Labute approximate surface area is 84.6 Å². The molecule has 0 saturated heterocycles. The van der Waals surface area contributed by atoms with Crippen LogP contribution in [-0.4, -0.2) is 38.5 Å². The van der Waals surface area contributed by atoms with Crippen molar-refractivity contribution < 1.29 is 9.59 Å². The molecule has 0 fully saturated rings. The highest BCUT2D eigenvalue weighted by molar-refractivity contribution is 5.80. The Balaban J connectivity index is 3.40. The molecule has 0 aliphatic heterocycles. The summed E-state index contributed by atoms with van der Waals surface area (Å²) in [4.78, 5) is 21.9. The Morgan fingerprint density at radius 1 is 1.14 bits per heavy atom. The second kappa shape index (κ2) is 7.32. The first-order valence-corrected chi connectivity index (χ1v) is 4.74. The smallest absolute Gasteiger partial charge is 0.233 e. The van der Waals surface area contributed by atoms with Crippen LogP contribution in [0.15, 0.2) is 0 Å². The largest absolute Gasteiger partial charge is 0.358 e. The molecule has 0 spiro atoms. The van der Waals surface area contributed by atoms with E-state index in [0.29, 0.717) is 12.5 Å². The normalized spacial score (nSPS) is 10.0. The first-order chi connectivity index (χ1) is 6.56. The van der Waals surface area contributed by atoms with Crippen molar-refractivity contribution in [3.8, 4) is 0 Å². The van der Waals surface area contributed by atoms with E-state index in [1.54, 1.807) is 7.05 Å². The minimum absolute atomic E-state index is 0.0809. The molecular formula is C9H19N3O2. The van der Waals surface area contributed by atoms with Crippen molar-refractivity contribution in [1.82, 2.24) is 16.0 Å². The van der Waals surface area contributed by atoms with Crippen molar-refractivity contribution in [2.24, 2.45) is 5.92 Å². The van der Waals surface area contributed by atoms with Crippen molar-refractivity contribution in [3.63, 3.8) is 0 Å². The molecule has 0 saturated carbocycles. The molecule has 0 aliphatic carbocycles. The molecule has 2 amide bonds. The van der Waals surface area contributed by atoms with Gasteiger partial charge in [0.25, 0.3) is 0 Å². The first-order valence-electron chi connectivity index (χ1n) is 4.74. The van der Waals surface area contributed by atoms with E-state index in [1.807, 2.05) is 13.8 Å². The number of rotatable bonds is 6. The van der Waals surface area contributed by atoms with Gasteiger partial charge in [0.05, 0.1) is 13.1 Å². The van der Waals surface area contributed by atoms with Gasteiger partial charge in [-0.15, -0.1) is 0 Å². The molecule has 0 rings (SSSR count). The maximum atomic E-state index is 11.1. The molecule has 0 aromatic carbocycles. The fourth-order valence-corrected chi connectivity index (χ4v) is 0.758. The number of likely N-dealkylation sites (N-methyl/N-ethyl adjacent to an activating group) is 1. The molecule has 0 radical (unpaired) electrons. The SMILES string of the molecule is CNC(=O)CNCC(=O)NCC(C)C. The first kappa shape index (κ1) is 12.9. The molecule has 0 aromatic heterocycles. The fourth-order valence-electron chi connectivity index (χ4n) is 0.758. The molecule has 5 nitrogen and oxygen atoms in total. The van der Waals surface area contributed by atoms with E-state index >= 15 is 0 Å². The van der Waals surface area contributed by atoms with Crippen molar-refractivity contribution >= 4 is 11.8 Å². The van der Waals surface area contributed by atoms with Gasteiger partial charge in [-0.2, -0.15) is 0 Å². The van der Waals surface area contributed by atoms with Crippen molar-refractivity contribution in [3.05, 3.63) is 0 Å². The van der Waals surface area contributed by atoms with Gasteiger partial charge in [0.2, 0.25) is 11.8 Å². The molecule has 3 N–H and O–H groups in total. The molecule has 0 heterocycles. The van der Waals surface area contributed by atoms with Crippen LogP contribution in [0.1, 0.15) is 13.8 Å². The topological polar surface area (TPSA) is 70.2 Å². The number of amides is 2. The standard InChI is InChI=1S/C9H19N3O2/c1-7(2)4-12-9(14)6-11-5-8(13)10-3/h7,11H,4-6H2,1-3H3,(H,10,13)(H,12,14). The van der Waals surface area contributed by atoms with Crippen LogP contribution in [-0.2, 0) is 9.59 Å². The number of carbonyl (C=O) groups excluding carboxylic acids is 2. The second-order valence-corrected chi connectivity index (χ2v) is 3.47. The lowest BCUT2D eigenvalue weighted by Gasteiger charge is -2.07. The van der Waals surface area contributed by atoms with Gasteiger partial charge in [-0.3, -0.25) is 14.9 Å². The Hall–Kier alpha value is -1.10. The van der Waals surface area contributed by atoms with E-state index < -0.39 is 0 Å². The number of hydrogen-bond acceptors (Lipinski definition) is 3. The average molecular weight is 201 g/mol. The average Bonchev–Trinajstić information content (AvgIpc) is 2.14. The lowest BCUT2D eigenvalue weighted by molar-refractivity contribution is -0.121. The van der Waals surface area contributed by atoms with Crippen LogP contribution in [0.2, 0.25) is 0 Å². The summed E-state index contributed by atoms with van der Waals surface area (Å²) in [6.45, 7) is 5.07. The Bertz CT molecular complexity index is 192. The van der Waals surface area contributed by atoms with Gasteiger partial charge in [-0.25, -0.2) is 0 Å². The van der Waals surface area contributed by atoms with Crippen LogP contribution < -0.4 is 16.0 Å². The van der Waals surface area contributed by atoms with Gasteiger partial charge < -0.3 is 10.6 Å². The summed E-state index contributed by atoms with van der Waals surface area (Å²) >= 11 is 0. The van der Waals surface area contributed by atoms with E-state index in [0.717, 1.165) is 0 Å². The maximum Gasteiger partial charge on any atom is 0.233 e. The molecule has 0 unspecified atom stereocenters. The Kier molecular flexibility index (Phi) is 6.74. The Morgan fingerprint density at radius 2 is 1.71 bits per heavy atom. The van der Waals surface area contributed by atoms with Crippen molar-refractivity contribution in [2.45, 2.75) is 13.8 Å². The highest BCUT2D eigenvalue weighted by atomic mass is 16.2. The summed E-state index contributed by atoms with van der Waals surface area (Å²) in [5.74, 6) is 0.238. The summed E-state index contributed by atoms with van der Waals surface area (Å²) < 4.78 is 0. The zero-order valence-electron chi connectivity index (χ0n) is 9.02. The fraction of sp³-hybridized carbons (Fsp3) is 0.778. The third-order valence-electron chi connectivity index (χ3n) is 1.56. The van der Waals surface area contributed by atoms with Crippen LogP contribution in [0, 0.1) is 5.92 Å². The van der Waals surface area contributed by atoms with Gasteiger partial charge in [0.1, 0.15) is 0 Å². The van der Waals surface area contributed by atoms with Gasteiger partial charge in [0, 0.05) is 13.6 Å². The van der Waals surface area contributed by atoms with E-state index in [2.05, 4.69) is 16.0 Å². The molecule has 14 heavy (non-hydrogen) atoms. The lowest BCUT2D eigenvalue weighted by Crippen LogP contribution is -2.39. The summed E-state index contributed by atoms with van der Waals surface area (Å²) in [6, 6.07) is 0. The second-order valence-electron chi connectivity index (χ2n) is 3.47. The van der Waals surface area contributed by atoms with Gasteiger partial charge in [-0.05, 0) is 5.92 Å². The molecule has 0 bridgehead atoms. The summed E-state index contributed by atoms with van der Waals surface area (Å²) in [5, 5.41) is 7.93. The van der Waals surface area contributed by atoms with E-state index in [1.165, 1.54) is 0 Å². The molecule has 0 atom stereocenters. The third-order valence-corrected chi connectivity index (χ3v) is 1.56. The van der Waals surface area contributed by atoms with Crippen molar-refractivity contribution in [1.29, 1.82) is 0 Å². The minimum Gasteiger partial charge on any atom is -0.358 e.